The van der Waals surface area contributed by atoms with Crippen LogP contribution < -0.4 is 5.32 Å². The van der Waals surface area contributed by atoms with Gasteiger partial charge in [0.25, 0.3) is 5.91 Å². The number of benzene rings is 2. The predicted octanol–water partition coefficient (Wildman–Crippen LogP) is 3.97. The van der Waals surface area contributed by atoms with Crippen LogP contribution in [0.3, 0.4) is 0 Å². The summed E-state index contributed by atoms with van der Waals surface area (Å²) in [6, 6.07) is 15.9. The molecule has 0 aliphatic heterocycles. The number of carbonyl (C=O) groups excluding carboxylic acids is 1. The number of rotatable bonds is 5. The van der Waals surface area contributed by atoms with Crippen molar-refractivity contribution in [3.8, 4) is 0 Å². The zero-order valence-electron chi connectivity index (χ0n) is 14.7. The Morgan fingerprint density at radius 2 is 1.96 bits per heavy atom. The minimum absolute atomic E-state index is 0.0617. The maximum Gasteiger partial charge on any atom is 0.251 e. The first-order chi connectivity index (χ1) is 12.0. The molecule has 0 radical (unpaired) electrons. The van der Waals surface area contributed by atoms with Gasteiger partial charge in [-0.15, -0.1) is 0 Å². The summed E-state index contributed by atoms with van der Waals surface area (Å²) in [5.74, 6) is -0.0617. The zero-order chi connectivity index (χ0) is 18.0. The van der Waals surface area contributed by atoms with E-state index in [0.29, 0.717) is 12.1 Å². The van der Waals surface area contributed by atoms with Crippen LogP contribution in [0.25, 0.3) is 10.9 Å². The second kappa shape index (κ2) is 7.42. The number of amides is 1. The summed E-state index contributed by atoms with van der Waals surface area (Å²) >= 11 is 3.41. The van der Waals surface area contributed by atoms with Crippen LogP contribution in [-0.4, -0.2) is 36.0 Å². The van der Waals surface area contributed by atoms with Gasteiger partial charge in [-0.2, -0.15) is 0 Å². The molecule has 0 saturated carbocycles. The predicted molar refractivity (Wildman–Crippen MR) is 106 cm³/mol. The van der Waals surface area contributed by atoms with Crippen LogP contribution >= 0.6 is 15.9 Å². The van der Waals surface area contributed by atoms with Crippen molar-refractivity contribution in [2.75, 3.05) is 20.6 Å². The van der Waals surface area contributed by atoms with Crippen LogP contribution in [0.15, 0.2) is 59.2 Å². The van der Waals surface area contributed by atoms with E-state index in [4.69, 9.17) is 0 Å². The molecule has 1 unspecified atom stereocenters. The Morgan fingerprint density at radius 1 is 1.20 bits per heavy atom. The van der Waals surface area contributed by atoms with Gasteiger partial charge in [0.2, 0.25) is 0 Å². The Balaban J connectivity index is 1.83. The fourth-order valence-corrected chi connectivity index (χ4v) is 3.53. The molecule has 0 saturated heterocycles. The molecule has 130 valence electrons. The van der Waals surface area contributed by atoms with E-state index in [1.54, 1.807) is 0 Å². The van der Waals surface area contributed by atoms with E-state index < -0.39 is 0 Å². The van der Waals surface area contributed by atoms with E-state index in [1.165, 1.54) is 16.5 Å². The van der Waals surface area contributed by atoms with E-state index >= 15 is 0 Å². The van der Waals surface area contributed by atoms with Gasteiger partial charge < -0.3 is 14.8 Å². The van der Waals surface area contributed by atoms with Crippen molar-refractivity contribution in [2.45, 2.75) is 6.04 Å². The van der Waals surface area contributed by atoms with Crippen molar-refractivity contribution in [3.05, 3.63) is 70.3 Å². The Bertz CT molecular complexity index is 901. The summed E-state index contributed by atoms with van der Waals surface area (Å²) in [6.07, 6.45) is 2.15. The van der Waals surface area contributed by atoms with Crippen LogP contribution in [-0.2, 0) is 7.05 Å². The van der Waals surface area contributed by atoms with Gasteiger partial charge in [0.05, 0.1) is 6.04 Å². The molecule has 0 spiro atoms. The first-order valence-electron chi connectivity index (χ1n) is 8.21. The van der Waals surface area contributed by atoms with Crippen LogP contribution in [0.5, 0.6) is 0 Å². The molecule has 1 aromatic heterocycles. The van der Waals surface area contributed by atoms with Crippen LogP contribution in [0, 0.1) is 0 Å². The molecule has 0 aliphatic carbocycles. The van der Waals surface area contributed by atoms with Crippen molar-refractivity contribution >= 4 is 32.7 Å². The lowest BCUT2D eigenvalue weighted by molar-refractivity contribution is 0.0942. The molecule has 0 aliphatic rings. The van der Waals surface area contributed by atoms with E-state index in [1.807, 2.05) is 44.4 Å². The Labute approximate surface area is 156 Å². The summed E-state index contributed by atoms with van der Waals surface area (Å²) in [4.78, 5) is 14.6. The second-order valence-corrected chi connectivity index (χ2v) is 7.33. The highest BCUT2D eigenvalue weighted by atomic mass is 79.9. The maximum absolute atomic E-state index is 12.5. The third kappa shape index (κ3) is 3.78. The number of nitrogens with zero attached hydrogens (tertiary/aromatic N) is 2. The number of aryl methyl sites for hydroxylation is 1. The number of carbonyl (C=O) groups is 1. The maximum atomic E-state index is 12.5. The Hall–Kier alpha value is -2.11. The number of para-hydroxylation sites is 1. The zero-order valence-corrected chi connectivity index (χ0v) is 16.2. The highest BCUT2D eigenvalue weighted by molar-refractivity contribution is 9.10. The first kappa shape index (κ1) is 17.7. The van der Waals surface area contributed by atoms with Gasteiger partial charge in [0.1, 0.15) is 0 Å². The fourth-order valence-electron chi connectivity index (χ4n) is 3.13. The first-order valence-corrected chi connectivity index (χ1v) is 9.01. The molecule has 0 fully saturated rings. The highest BCUT2D eigenvalue weighted by Crippen LogP contribution is 2.28. The molecule has 0 bridgehead atoms. The second-order valence-electron chi connectivity index (χ2n) is 6.41. The molecule has 1 N–H and O–H groups in total. The Morgan fingerprint density at radius 3 is 2.68 bits per heavy atom. The van der Waals surface area contributed by atoms with Crippen molar-refractivity contribution in [1.82, 2.24) is 14.8 Å². The molecular formula is C20H22BrN3O. The molecule has 1 atom stereocenters. The Kier molecular flexibility index (Phi) is 5.25. The molecule has 1 heterocycles. The summed E-state index contributed by atoms with van der Waals surface area (Å²) < 4.78 is 3.04. The molecule has 4 nitrogen and oxygen atoms in total. The number of hydrogen-bond acceptors (Lipinski definition) is 2. The number of likely N-dealkylation sites (N-methyl/N-ethyl adjacent to an activating group) is 1. The quantitative estimate of drug-likeness (QED) is 0.704. The SMILES string of the molecule is CN(C)C(CNC(=O)c1cccc(Br)c1)c1cn(C)c2ccccc12. The van der Waals surface area contributed by atoms with E-state index in [2.05, 4.69) is 62.2 Å². The topological polar surface area (TPSA) is 37.3 Å². The lowest BCUT2D eigenvalue weighted by Gasteiger charge is -2.24. The molecular weight excluding hydrogens is 378 g/mol. The van der Waals surface area contributed by atoms with Gasteiger partial charge in [-0.25, -0.2) is 0 Å². The van der Waals surface area contributed by atoms with Crippen molar-refractivity contribution in [2.24, 2.45) is 7.05 Å². The lowest BCUT2D eigenvalue weighted by atomic mass is 10.0. The summed E-state index contributed by atoms with van der Waals surface area (Å²) in [6.45, 7) is 0.548. The average Bonchev–Trinajstić information content (AvgIpc) is 2.92. The lowest BCUT2D eigenvalue weighted by Crippen LogP contribution is -2.34. The fraction of sp³-hybridized carbons (Fsp3) is 0.250. The van der Waals surface area contributed by atoms with Crippen molar-refractivity contribution < 1.29 is 4.79 Å². The summed E-state index contributed by atoms with van der Waals surface area (Å²) in [5.41, 5.74) is 3.07. The standard InChI is InChI=1S/C20H22BrN3O/c1-23(2)19(12-22-20(25)14-7-6-8-15(21)11-14)17-13-24(3)18-10-5-4-9-16(17)18/h4-11,13,19H,12H2,1-3H3,(H,22,25). The van der Waals surface area contributed by atoms with Gasteiger partial charge >= 0.3 is 0 Å². The third-order valence-electron chi connectivity index (χ3n) is 4.45. The largest absolute Gasteiger partial charge is 0.350 e. The minimum Gasteiger partial charge on any atom is -0.350 e. The average molecular weight is 400 g/mol. The number of fused-ring (bicyclic) bond motifs is 1. The smallest absolute Gasteiger partial charge is 0.251 e. The molecule has 25 heavy (non-hydrogen) atoms. The van der Waals surface area contributed by atoms with Gasteiger partial charge in [-0.1, -0.05) is 40.2 Å². The number of nitrogens with one attached hydrogen (secondary N) is 1. The highest BCUT2D eigenvalue weighted by Gasteiger charge is 2.20. The molecule has 3 aromatic rings. The van der Waals surface area contributed by atoms with Crippen LogP contribution in [0.1, 0.15) is 22.0 Å². The van der Waals surface area contributed by atoms with Gasteiger partial charge in [-0.3, -0.25) is 4.79 Å². The van der Waals surface area contributed by atoms with Crippen molar-refractivity contribution in [3.63, 3.8) is 0 Å². The summed E-state index contributed by atoms with van der Waals surface area (Å²) in [7, 11) is 6.13. The number of halogens is 1. The minimum atomic E-state index is -0.0617. The molecule has 5 heteroatoms. The van der Waals surface area contributed by atoms with E-state index in [9.17, 15) is 4.79 Å². The molecule has 3 rings (SSSR count). The van der Waals surface area contributed by atoms with Gasteiger partial charge in [0.15, 0.2) is 0 Å². The van der Waals surface area contributed by atoms with E-state index in [-0.39, 0.29) is 11.9 Å². The number of hydrogen-bond donors (Lipinski definition) is 1. The molecule has 1 amide bonds. The van der Waals surface area contributed by atoms with Crippen LogP contribution in [0.2, 0.25) is 0 Å². The van der Waals surface area contributed by atoms with Gasteiger partial charge in [-0.05, 0) is 43.9 Å². The monoisotopic (exact) mass is 399 g/mol. The number of aromatic nitrogens is 1. The van der Waals surface area contributed by atoms with E-state index in [0.717, 1.165) is 4.47 Å². The van der Waals surface area contributed by atoms with Crippen LogP contribution in [0.4, 0.5) is 0 Å². The van der Waals surface area contributed by atoms with Gasteiger partial charge in [0, 0.05) is 40.7 Å². The molecule has 2 aromatic carbocycles. The third-order valence-corrected chi connectivity index (χ3v) is 4.95. The summed E-state index contributed by atoms with van der Waals surface area (Å²) in [5, 5.41) is 4.29. The van der Waals surface area contributed by atoms with Crippen molar-refractivity contribution in [1.29, 1.82) is 0 Å². The normalized spacial score (nSPS) is 12.5.